The van der Waals surface area contributed by atoms with Crippen LogP contribution in [-0.4, -0.2) is 21.2 Å². The van der Waals surface area contributed by atoms with Gasteiger partial charge in [0.05, 0.1) is 11.2 Å². The van der Waals surface area contributed by atoms with Gasteiger partial charge in [0.15, 0.2) is 6.29 Å². The lowest BCUT2D eigenvalue weighted by molar-refractivity contribution is -0.0896. The number of nitrogens with zero attached hydrogens (tertiary/aromatic N) is 1. The number of rotatable bonds is 1. The van der Waals surface area contributed by atoms with Gasteiger partial charge in [-0.2, -0.15) is 0 Å². The molecule has 4 nitrogen and oxygen atoms in total. The quantitative estimate of drug-likeness (QED) is 0.727. The third-order valence-corrected chi connectivity index (χ3v) is 4.90. The second kappa shape index (κ2) is 4.31. The number of pyridine rings is 1. The minimum atomic E-state index is -0.379. The van der Waals surface area contributed by atoms with Crippen LogP contribution < -0.4 is 0 Å². The number of para-hydroxylation sites is 1. The molecule has 0 atom stereocenters. The summed E-state index contributed by atoms with van der Waals surface area (Å²) in [7, 11) is 0. The number of benzene rings is 1. The second-order valence-electron chi connectivity index (χ2n) is 6.92. The molecule has 1 saturated heterocycles. The first kappa shape index (κ1) is 13.7. The number of aromatic nitrogens is 2. The maximum atomic E-state index is 6.12. The predicted molar refractivity (Wildman–Crippen MR) is 86.7 cm³/mol. The zero-order valence-electron chi connectivity index (χ0n) is 13.3. The molecule has 0 aliphatic carbocycles. The average Bonchev–Trinajstić information content (AvgIpc) is 2.93. The number of ether oxygens (including phenoxy) is 2. The highest BCUT2D eigenvalue weighted by Crippen LogP contribution is 2.45. The fraction of sp³-hybridized carbons (Fsp3) is 0.389. The monoisotopic (exact) mass is 296 g/mol. The van der Waals surface area contributed by atoms with Gasteiger partial charge in [-0.05, 0) is 39.8 Å². The van der Waals surface area contributed by atoms with Crippen molar-refractivity contribution in [3.8, 4) is 0 Å². The van der Waals surface area contributed by atoms with Gasteiger partial charge in [-0.1, -0.05) is 18.2 Å². The average molecular weight is 296 g/mol. The fourth-order valence-corrected chi connectivity index (χ4v) is 2.85. The normalized spacial score (nSPS) is 20.9. The second-order valence-corrected chi connectivity index (χ2v) is 6.92. The molecule has 3 aromatic rings. The van der Waals surface area contributed by atoms with E-state index in [2.05, 4.69) is 55.9 Å². The highest BCUT2D eigenvalue weighted by atomic mass is 16.7. The number of fused-ring (bicyclic) bond motifs is 3. The van der Waals surface area contributed by atoms with Crippen LogP contribution in [0, 0.1) is 0 Å². The Morgan fingerprint density at radius 2 is 1.68 bits per heavy atom. The minimum absolute atomic E-state index is 0.340. The standard InChI is InChI=1S/C18H20N2O2/c1-17(2)18(3,4)22-16(21-17)11-9-13-12-7-5-6-8-14(12)20-15(13)19-10-11/h5-10,16H,1-4H3,(H,19,20). The molecule has 0 radical (unpaired) electrons. The van der Waals surface area contributed by atoms with E-state index in [1.54, 1.807) is 0 Å². The Labute approximate surface area is 129 Å². The smallest absolute Gasteiger partial charge is 0.186 e. The SMILES string of the molecule is CC1(C)OC(c2cnc3[nH]c4ccccc4c3c2)OC1(C)C. The summed E-state index contributed by atoms with van der Waals surface area (Å²) in [6.07, 6.45) is 1.45. The summed E-state index contributed by atoms with van der Waals surface area (Å²) in [5.41, 5.74) is 2.26. The maximum Gasteiger partial charge on any atom is 0.186 e. The Kier molecular flexibility index (Phi) is 2.69. The molecule has 1 aromatic carbocycles. The molecule has 0 bridgehead atoms. The summed E-state index contributed by atoms with van der Waals surface area (Å²) in [5.74, 6) is 0. The van der Waals surface area contributed by atoms with Crippen molar-refractivity contribution in [2.45, 2.75) is 45.2 Å². The third-order valence-electron chi connectivity index (χ3n) is 4.90. The third kappa shape index (κ3) is 1.87. The molecule has 1 fully saturated rings. The number of aromatic amines is 1. The molecule has 4 heteroatoms. The van der Waals surface area contributed by atoms with Gasteiger partial charge in [0.1, 0.15) is 5.65 Å². The van der Waals surface area contributed by atoms with Crippen molar-refractivity contribution in [1.82, 2.24) is 9.97 Å². The van der Waals surface area contributed by atoms with Crippen molar-refractivity contribution in [3.63, 3.8) is 0 Å². The van der Waals surface area contributed by atoms with Gasteiger partial charge < -0.3 is 14.5 Å². The molecule has 1 aliphatic heterocycles. The van der Waals surface area contributed by atoms with Crippen LogP contribution in [-0.2, 0) is 9.47 Å². The van der Waals surface area contributed by atoms with E-state index in [0.717, 1.165) is 22.1 Å². The molecule has 2 aromatic heterocycles. The highest BCUT2D eigenvalue weighted by molar-refractivity contribution is 6.05. The number of hydrogen-bond acceptors (Lipinski definition) is 3. The van der Waals surface area contributed by atoms with E-state index in [1.165, 1.54) is 5.39 Å². The first-order chi connectivity index (χ1) is 10.4. The van der Waals surface area contributed by atoms with Crippen LogP contribution in [0.15, 0.2) is 36.5 Å². The van der Waals surface area contributed by atoms with Gasteiger partial charge in [-0.25, -0.2) is 4.98 Å². The minimum Gasteiger partial charge on any atom is -0.339 e. The van der Waals surface area contributed by atoms with Crippen LogP contribution in [0.2, 0.25) is 0 Å². The van der Waals surface area contributed by atoms with Crippen molar-refractivity contribution < 1.29 is 9.47 Å². The zero-order valence-corrected chi connectivity index (χ0v) is 13.3. The lowest BCUT2D eigenvalue weighted by Crippen LogP contribution is -2.41. The van der Waals surface area contributed by atoms with E-state index < -0.39 is 0 Å². The number of nitrogens with one attached hydrogen (secondary N) is 1. The molecular weight excluding hydrogens is 276 g/mol. The van der Waals surface area contributed by atoms with E-state index in [9.17, 15) is 0 Å². The van der Waals surface area contributed by atoms with E-state index in [1.807, 2.05) is 18.3 Å². The Bertz CT molecular complexity index is 848. The maximum absolute atomic E-state index is 6.12. The molecule has 4 rings (SSSR count). The van der Waals surface area contributed by atoms with Gasteiger partial charge in [0, 0.05) is 28.0 Å². The summed E-state index contributed by atoms with van der Waals surface area (Å²) < 4.78 is 12.2. The zero-order chi connectivity index (χ0) is 15.5. The van der Waals surface area contributed by atoms with Crippen LogP contribution in [0.3, 0.4) is 0 Å². The molecule has 0 spiro atoms. The van der Waals surface area contributed by atoms with Crippen molar-refractivity contribution in [1.29, 1.82) is 0 Å². The topological polar surface area (TPSA) is 47.1 Å². The van der Waals surface area contributed by atoms with Crippen LogP contribution in [0.4, 0.5) is 0 Å². The molecule has 22 heavy (non-hydrogen) atoms. The summed E-state index contributed by atoms with van der Waals surface area (Å²) in [4.78, 5) is 7.88. The molecule has 0 amide bonds. The van der Waals surface area contributed by atoms with E-state index in [-0.39, 0.29) is 17.5 Å². The molecule has 3 heterocycles. The fourth-order valence-electron chi connectivity index (χ4n) is 2.85. The van der Waals surface area contributed by atoms with Crippen molar-refractivity contribution in [3.05, 3.63) is 42.1 Å². The van der Waals surface area contributed by atoms with Crippen LogP contribution in [0.5, 0.6) is 0 Å². The van der Waals surface area contributed by atoms with Crippen LogP contribution in [0.25, 0.3) is 21.9 Å². The first-order valence-corrected chi connectivity index (χ1v) is 7.59. The number of H-pyrrole nitrogens is 1. The van der Waals surface area contributed by atoms with Gasteiger partial charge in [-0.15, -0.1) is 0 Å². The summed E-state index contributed by atoms with van der Waals surface area (Å²) in [6.45, 7) is 8.24. The van der Waals surface area contributed by atoms with Crippen molar-refractivity contribution in [2.75, 3.05) is 0 Å². The van der Waals surface area contributed by atoms with Gasteiger partial charge >= 0.3 is 0 Å². The largest absolute Gasteiger partial charge is 0.339 e. The van der Waals surface area contributed by atoms with Gasteiger partial charge in [0.25, 0.3) is 0 Å². The molecular formula is C18H20N2O2. The Balaban J connectivity index is 1.82. The molecule has 0 unspecified atom stereocenters. The summed E-state index contributed by atoms with van der Waals surface area (Å²) >= 11 is 0. The van der Waals surface area contributed by atoms with Crippen LogP contribution >= 0.6 is 0 Å². The Hall–Kier alpha value is -1.91. The summed E-state index contributed by atoms with van der Waals surface area (Å²) in [5, 5.41) is 2.27. The molecule has 1 aliphatic rings. The molecule has 1 N–H and O–H groups in total. The van der Waals surface area contributed by atoms with Gasteiger partial charge in [0.2, 0.25) is 0 Å². The Morgan fingerprint density at radius 3 is 2.41 bits per heavy atom. The van der Waals surface area contributed by atoms with Crippen LogP contribution in [0.1, 0.15) is 39.5 Å². The predicted octanol–water partition coefficient (Wildman–Crippen LogP) is 4.32. The van der Waals surface area contributed by atoms with E-state index in [0.29, 0.717) is 0 Å². The lowest BCUT2D eigenvalue weighted by atomic mass is 9.90. The van der Waals surface area contributed by atoms with Gasteiger partial charge in [-0.3, -0.25) is 0 Å². The van der Waals surface area contributed by atoms with Crippen molar-refractivity contribution in [2.24, 2.45) is 0 Å². The number of hydrogen-bond donors (Lipinski definition) is 1. The summed E-state index contributed by atoms with van der Waals surface area (Å²) in [6, 6.07) is 10.3. The Morgan fingerprint density at radius 1 is 1.00 bits per heavy atom. The first-order valence-electron chi connectivity index (χ1n) is 7.59. The molecule has 114 valence electrons. The highest BCUT2D eigenvalue weighted by Gasteiger charge is 2.49. The van der Waals surface area contributed by atoms with E-state index >= 15 is 0 Å². The molecule has 0 saturated carbocycles. The van der Waals surface area contributed by atoms with Crippen molar-refractivity contribution >= 4 is 21.9 Å². The lowest BCUT2D eigenvalue weighted by Gasteiger charge is -2.30. The van der Waals surface area contributed by atoms with E-state index in [4.69, 9.17) is 9.47 Å².